The third-order valence-electron chi connectivity index (χ3n) is 6.03. The van der Waals surface area contributed by atoms with Crippen molar-refractivity contribution in [3.63, 3.8) is 0 Å². The zero-order valence-corrected chi connectivity index (χ0v) is 21.1. The van der Waals surface area contributed by atoms with Gasteiger partial charge in [0.2, 0.25) is 11.8 Å². The van der Waals surface area contributed by atoms with Gasteiger partial charge in [0.15, 0.2) is 0 Å². The van der Waals surface area contributed by atoms with E-state index in [4.69, 9.17) is 4.74 Å². The van der Waals surface area contributed by atoms with Crippen molar-refractivity contribution in [2.24, 2.45) is 0 Å². The maximum absolute atomic E-state index is 14.0. The summed E-state index contributed by atoms with van der Waals surface area (Å²) in [4.78, 5) is 53.4. The molecule has 8 nitrogen and oxygen atoms in total. The largest absolute Gasteiger partial charge is 0.452 e. The van der Waals surface area contributed by atoms with E-state index in [1.165, 1.54) is 32.4 Å². The molecule has 0 bridgehead atoms. The Balaban J connectivity index is 2.25. The summed E-state index contributed by atoms with van der Waals surface area (Å²) in [5.74, 6) is -4.48. The first-order valence-corrected chi connectivity index (χ1v) is 11.8. The average Bonchev–Trinajstić information content (AvgIpc) is 2.88. The van der Waals surface area contributed by atoms with Crippen LogP contribution < -0.4 is 0 Å². The minimum atomic E-state index is -5.29. The first kappa shape index (κ1) is 28.6. The van der Waals surface area contributed by atoms with Crippen molar-refractivity contribution < 1.29 is 37.1 Å². The van der Waals surface area contributed by atoms with Crippen LogP contribution in [0.4, 0.5) is 13.2 Å². The number of hydrogen-bond donors (Lipinski definition) is 0. The number of nitrogens with zero attached hydrogens (tertiary/aromatic N) is 3. The second-order valence-electron chi connectivity index (χ2n) is 8.69. The van der Waals surface area contributed by atoms with Gasteiger partial charge in [0.05, 0.1) is 5.70 Å². The van der Waals surface area contributed by atoms with Crippen LogP contribution in [0.25, 0.3) is 5.70 Å². The monoisotopic (exact) mass is 531 g/mol. The third-order valence-corrected chi connectivity index (χ3v) is 6.03. The van der Waals surface area contributed by atoms with E-state index in [2.05, 4.69) is 0 Å². The van der Waals surface area contributed by atoms with Crippen LogP contribution >= 0.6 is 0 Å². The van der Waals surface area contributed by atoms with E-state index in [1.807, 2.05) is 0 Å². The summed E-state index contributed by atoms with van der Waals surface area (Å²) in [6.07, 6.45) is -4.47. The lowest BCUT2D eigenvalue weighted by Gasteiger charge is -2.46. The van der Waals surface area contributed by atoms with E-state index in [0.717, 1.165) is 16.8 Å². The van der Waals surface area contributed by atoms with Crippen molar-refractivity contribution in [2.45, 2.75) is 44.9 Å². The Labute approximate surface area is 218 Å². The summed E-state index contributed by atoms with van der Waals surface area (Å²) in [7, 11) is 1.40. The second kappa shape index (κ2) is 12.0. The SMILES string of the molecule is COCCC1C(=O)N(N(C(C)=O)C(Cc2ccccc2)C(=O)C(F)(F)F)C(c2ccccc2)=CN1C(C)=O. The van der Waals surface area contributed by atoms with Gasteiger partial charge >= 0.3 is 6.18 Å². The van der Waals surface area contributed by atoms with E-state index in [0.29, 0.717) is 16.1 Å². The molecule has 1 aliphatic rings. The molecule has 0 aliphatic carbocycles. The molecule has 3 amide bonds. The lowest BCUT2D eigenvalue weighted by atomic mass is 10.00. The van der Waals surface area contributed by atoms with Crippen molar-refractivity contribution in [1.82, 2.24) is 14.9 Å². The summed E-state index contributed by atoms with van der Waals surface area (Å²) in [6.45, 7) is 2.28. The van der Waals surface area contributed by atoms with Gasteiger partial charge in [-0.25, -0.2) is 10.0 Å². The fraction of sp³-hybridized carbons (Fsp3) is 0.333. The van der Waals surface area contributed by atoms with Gasteiger partial charge in [-0.2, -0.15) is 13.2 Å². The maximum atomic E-state index is 14.0. The average molecular weight is 532 g/mol. The molecule has 0 saturated heterocycles. The standard InChI is InChI=1S/C27H28F3N3O5/c1-18(34)31-17-24(21-12-8-5-9-13-21)33(26(37)22(31)14-15-38-3)32(19(2)35)23(25(36)27(28,29)30)16-20-10-6-4-7-11-20/h4-13,17,22-23H,14-16H2,1-3H3. The summed E-state index contributed by atoms with van der Waals surface area (Å²) >= 11 is 0. The van der Waals surface area contributed by atoms with E-state index in [-0.39, 0.29) is 18.7 Å². The number of rotatable bonds is 9. The van der Waals surface area contributed by atoms with E-state index in [9.17, 15) is 32.3 Å². The molecule has 2 atom stereocenters. The first-order valence-electron chi connectivity index (χ1n) is 11.8. The van der Waals surface area contributed by atoms with Gasteiger partial charge in [-0.15, -0.1) is 0 Å². The minimum Gasteiger partial charge on any atom is -0.385 e. The first-order chi connectivity index (χ1) is 18.0. The number of carbonyl (C=O) groups is 4. The van der Waals surface area contributed by atoms with Gasteiger partial charge in [-0.1, -0.05) is 60.7 Å². The molecular formula is C27H28F3N3O5. The third kappa shape index (κ3) is 6.28. The smallest absolute Gasteiger partial charge is 0.385 e. The summed E-state index contributed by atoms with van der Waals surface area (Å²) < 4.78 is 46.6. The fourth-order valence-electron chi connectivity index (χ4n) is 4.30. The number of alkyl halides is 3. The summed E-state index contributed by atoms with van der Waals surface area (Å²) in [5.41, 5.74) is 0.682. The molecule has 202 valence electrons. The molecule has 1 aliphatic heterocycles. The molecule has 0 N–H and O–H groups in total. The Morgan fingerprint density at radius 2 is 1.58 bits per heavy atom. The van der Waals surface area contributed by atoms with Gasteiger partial charge < -0.3 is 9.64 Å². The number of hydrazine groups is 1. The highest BCUT2D eigenvalue weighted by atomic mass is 19.4. The normalized spacial score (nSPS) is 16.6. The molecule has 1 heterocycles. The highest BCUT2D eigenvalue weighted by Crippen LogP contribution is 2.33. The Hall–Kier alpha value is -3.99. The molecule has 0 aromatic heterocycles. The summed E-state index contributed by atoms with van der Waals surface area (Å²) in [6, 6.07) is 12.8. The van der Waals surface area contributed by atoms with Crippen LogP contribution in [0.3, 0.4) is 0 Å². The molecule has 3 rings (SSSR count). The second-order valence-corrected chi connectivity index (χ2v) is 8.69. The number of methoxy groups -OCH3 is 1. The van der Waals surface area contributed by atoms with Gasteiger partial charge in [-0.3, -0.25) is 19.2 Å². The fourth-order valence-corrected chi connectivity index (χ4v) is 4.30. The molecule has 38 heavy (non-hydrogen) atoms. The number of benzene rings is 2. The number of Topliss-reactive ketones (excluding diaryl/α,β-unsaturated/α-hetero) is 1. The maximum Gasteiger partial charge on any atom is 0.452 e. The van der Waals surface area contributed by atoms with Crippen LogP contribution in [0, 0.1) is 0 Å². The number of carbonyl (C=O) groups excluding carboxylic acids is 4. The molecule has 11 heteroatoms. The minimum absolute atomic E-state index is 0.00625. The predicted molar refractivity (Wildman–Crippen MR) is 132 cm³/mol. The van der Waals surface area contributed by atoms with Gasteiger partial charge in [-0.05, 0) is 5.56 Å². The molecule has 0 radical (unpaired) electrons. The van der Waals surface area contributed by atoms with E-state index in [1.54, 1.807) is 48.5 Å². The molecule has 2 aromatic rings. The van der Waals surface area contributed by atoms with Crippen LogP contribution in [0.5, 0.6) is 0 Å². The number of hydrogen-bond acceptors (Lipinski definition) is 5. The molecule has 2 unspecified atom stereocenters. The highest BCUT2D eigenvalue weighted by molar-refractivity contribution is 6.00. The number of amides is 3. The zero-order chi connectivity index (χ0) is 28.0. The molecule has 2 aromatic carbocycles. The lowest BCUT2D eigenvalue weighted by molar-refractivity contribution is -0.187. The van der Waals surface area contributed by atoms with Crippen LogP contribution in [-0.4, -0.2) is 70.4 Å². The van der Waals surface area contributed by atoms with Crippen molar-refractivity contribution in [3.05, 3.63) is 78.0 Å². The highest BCUT2D eigenvalue weighted by Gasteiger charge is 2.51. The molecular weight excluding hydrogens is 503 g/mol. The Morgan fingerprint density at radius 1 is 1.00 bits per heavy atom. The van der Waals surface area contributed by atoms with Crippen LogP contribution in [0.2, 0.25) is 0 Å². The van der Waals surface area contributed by atoms with Crippen molar-refractivity contribution in [2.75, 3.05) is 13.7 Å². The van der Waals surface area contributed by atoms with E-state index >= 15 is 0 Å². The quantitative estimate of drug-likeness (QED) is 0.494. The summed E-state index contributed by atoms with van der Waals surface area (Å²) in [5, 5.41) is 1.36. The van der Waals surface area contributed by atoms with Crippen molar-refractivity contribution in [3.8, 4) is 0 Å². The van der Waals surface area contributed by atoms with Gasteiger partial charge in [0.1, 0.15) is 12.1 Å². The van der Waals surface area contributed by atoms with E-state index < -0.39 is 48.2 Å². The number of halogens is 3. The number of ether oxygens (including phenoxy) is 1. The molecule has 0 saturated carbocycles. The number of ketones is 1. The van der Waals surface area contributed by atoms with Gasteiger partial charge in [0.25, 0.3) is 11.7 Å². The Morgan fingerprint density at radius 3 is 2.08 bits per heavy atom. The van der Waals surface area contributed by atoms with Crippen LogP contribution in [0.1, 0.15) is 31.4 Å². The van der Waals surface area contributed by atoms with Gasteiger partial charge in [0, 0.05) is 52.2 Å². The predicted octanol–water partition coefficient (Wildman–Crippen LogP) is 3.59. The Kier molecular flexibility index (Phi) is 9.05. The lowest BCUT2D eigenvalue weighted by Crippen LogP contribution is -2.63. The van der Waals surface area contributed by atoms with Crippen LogP contribution in [-0.2, 0) is 30.3 Å². The van der Waals surface area contributed by atoms with Crippen molar-refractivity contribution >= 4 is 29.2 Å². The molecule has 0 spiro atoms. The van der Waals surface area contributed by atoms with Crippen LogP contribution in [0.15, 0.2) is 66.9 Å². The van der Waals surface area contributed by atoms with Crippen molar-refractivity contribution in [1.29, 1.82) is 0 Å². The molecule has 0 fully saturated rings. The zero-order valence-electron chi connectivity index (χ0n) is 21.1. The topological polar surface area (TPSA) is 87.2 Å². The Bertz CT molecular complexity index is 1200.